The fraction of sp³-hybridized carbons (Fsp3) is 0.607. The van der Waals surface area contributed by atoms with Crippen molar-refractivity contribution in [2.45, 2.75) is 195 Å². The van der Waals surface area contributed by atoms with Crippen molar-refractivity contribution in [3.05, 3.63) is 108 Å². The fourth-order valence-corrected chi connectivity index (χ4v) is 10.8. The Morgan fingerprint density at radius 3 is 1.65 bits per heavy atom. The van der Waals surface area contributed by atoms with Crippen LogP contribution in [-0.2, 0) is 72.0 Å². The first-order valence-electron chi connectivity index (χ1n) is 27.4. The maximum Gasteiger partial charge on any atom is 0.407 e. The molecule has 9 N–H and O–H groups in total. The monoisotopic (exact) mass is 1110 g/mol. The summed E-state index contributed by atoms with van der Waals surface area (Å²) in [5.41, 5.74) is 2.25. The van der Waals surface area contributed by atoms with Gasteiger partial charge in [0.2, 0.25) is 5.91 Å². The van der Waals surface area contributed by atoms with E-state index in [4.69, 9.17) is 47.4 Å². The lowest BCUT2D eigenvalue weighted by molar-refractivity contribution is -0.295. The van der Waals surface area contributed by atoms with Gasteiger partial charge in [-0.15, -0.1) is 0 Å². The number of aliphatic hydroxyl groups is 5. The number of nitrogens with one attached hydrogen (secondary N) is 4. The third-order valence-electron chi connectivity index (χ3n) is 15.4. The molecule has 3 aromatic rings. The summed E-state index contributed by atoms with van der Waals surface area (Å²) in [4.78, 5) is 52.7. The van der Waals surface area contributed by atoms with Crippen molar-refractivity contribution in [3.8, 4) is 0 Å². The number of epoxide rings is 1. The lowest BCUT2D eigenvalue weighted by Gasteiger charge is -2.47. The first-order chi connectivity index (χ1) is 38.2. The molecule has 2 aliphatic carbocycles. The summed E-state index contributed by atoms with van der Waals surface area (Å²) in [7, 11) is 0. The minimum atomic E-state index is -1.62. The van der Waals surface area contributed by atoms with Gasteiger partial charge in [0.25, 0.3) is 0 Å². The second kappa shape index (κ2) is 26.8. The van der Waals surface area contributed by atoms with Gasteiger partial charge in [0.15, 0.2) is 18.9 Å². The van der Waals surface area contributed by atoms with Gasteiger partial charge in [-0.1, -0.05) is 112 Å². The van der Waals surface area contributed by atoms with E-state index in [9.17, 15) is 44.7 Å². The summed E-state index contributed by atoms with van der Waals surface area (Å²) >= 11 is 0. The topological polar surface area (TPSA) is 313 Å². The van der Waals surface area contributed by atoms with Crippen molar-refractivity contribution in [2.24, 2.45) is 11.8 Å². The van der Waals surface area contributed by atoms with Gasteiger partial charge in [-0.3, -0.25) is 4.79 Å². The highest BCUT2D eigenvalue weighted by Crippen LogP contribution is 2.45. The van der Waals surface area contributed by atoms with Crippen LogP contribution in [0, 0.1) is 11.8 Å². The largest absolute Gasteiger partial charge is 0.445 e. The Kier molecular flexibility index (Phi) is 19.7. The number of fused-ring (bicyclic) bond motifs is 1. The molecule has 79 heavy (non-hydrogen) atoms. The van der Waals surface area contributed by atoms with E-state index >= 15 is 0 Å². The van der Waals surface area contributed by atoms with E-state index in [0.717, 1.165) is 11.1 Å². The molecule has 4 saturated heterocycles. The Bertz CT molecular complexity index is 2450. The summed E-state index contributed by atoms with van der Waals surface area (Å²) in [5, 5.41) is 68.9. The standard InChI is InChI=1S/C56H74N4O19/c1-4-36-41(63)42(64)38(59-55(68)71-27-31-17-11-7-12-18-31)51(73-36)78-49-43(65)53(77-45(49)33-21-22-33)79-48-40(62)34(58-50(66)35(61)23-24-57-54(67)70-26-30-15-9-6-10-16-30)25-29(3)44(48)76-52-39(47-46(75-47)37(5-2)74-52)60-56(69)72-28-32-19-13-8-14-20-32/h6-20,29,33-49,51-53,61-65H,4-5,21-28H2,1-3H3,(H,57,67)(H,58,66)(H,59,68)(H,60,69). The average molecular weight is 1110 g/mol. The van der Waals surface area contributed by atoms with E-state index in [0.29, 0.717) is 24.8 Å². The number of carbonyl (C=O) groups is 4. The second-order valence-corrected chi connectivity index (χ2v) is 21.1. The molecule has 0 aromatic heterocycles. The minimum absolute atomic E-state index is 0.0109. The number of ether oxygens (including phenoxy) is 10. The van der Waals surface area contributed by atoms with Gasteiger partial charge in [-0.05, 0) is 67.1 Å². The van der Waals surface area contributed by atoms with Crippen LogP contribution in [0.3, 0.4) is 0 Å². The Morgan fingerprint density at radius 2 is 1.08 bits per heavy atom. The Labute approximate surface area is 457 Å². The molecule has 20 unspecified atom stereocenters. The van der Waals surface area contributed by atoms with Crippen LogP contribution < -0.4 is 21.3 Å². The molecule has 23 heteroatoms. The maximum atomic E-state index is 13.7. The summed E-state index contributed by atoms with van der Waals surface area (Å²) in [6, 6.07) is 23.8. The predicted octanol–water partition coefficient (Wildman–Crippen LogP) is 2.55. The molecular formula is C56H74N4O19. The van der Waals surface area contributed by atoms with E-state index < -0.39 is 140 Å². The van der Waals surface area contributed by atoms with Crippen molar-refractivity contribution in [1.29, 1.82) is 0 Å². The number of hydrogen-bond donors (Lipinski definition) is 9. The molecule has 0 bridgehead atoms. The van der Waals surface area contributed by atoms with Gasteiger partial charge in [0.05, 0.1) is 30.5 Å². The van der Waals surface area contributed by atoms with E-state index in [1.807, 2.05) is 61.5 Å². The SMILES string of the molecule is CCC1OC(OC2C(O)C(OC3C(O)C(NC(=O)C(O)CCNC(=O)OCc4ccccc4)CC(C)C3OC3OC(CC)C4OC4C3NC(=O)OCc3ccccc3)OC2C2CC2)C(NC(=O)OCc2ccccc2)C(O)C1O. The van der Waals surface area contributed by atoms with Crippen LogP contribution in [0.5, 0.6) is 0 Å². The molecule has 0 radical (unpaired) electrons. The summed E-state index contributed by atoms with van der Waals surface area (Å²) in [5.74, 6) is -1.55. The zero-order valence-corrected chi connectivity index (χ0v) is 44.3. The molecule has 23 nitrogen and oxygen atoms in total. The van der Waals surface area contributed by atoms with E-state index in [1.54, 1.807) is 50.2 Å². The highest BCUT2D eigenvalue weighted by Gasteiger charge is 2.61. The smallest absolute Gasteiger partial charge is 0.407 e. The molecule has 3 aromatic carbocycles. The molecular weight excluding hydrogens is 1030 g/mol. The summed E-state index contributed by atoms with van der Waals surface area (Å²) in [6.07, 6.45) is -19.1. The molecule has 20 atom stereocenters. The third kappa shape index (κ3) is 14.7. The zero-order valence-electron chi connectivity index (χ0n) is 44.3. The van der Waals surface area contributed by atoms with Crippen molar-refractivity contribution in [1.82, 2.24) is 21.3 Å². The fourth-order valence-electron chi connectivity index (χ4n) is 10.8. The van der Waals surface area contributed by atoms with Gasteiger partial charge in [0, 0.05) is 6.54 Å². The van der Waals surface area contributed by atoms with Crippen molar-refractivity contribution in [3.63, 3.8) is 0 Å². The molecule has 6 aliphatic rings. The van der Waals surface area contributed by atoms with E-state index in [-0.39, 0.29) is 57.6 Å². The van der Waals surface area contributed by atoms with Crippen LogP contribution >= 0.6 is 0 Å². The van der Waals surface area contributed by atoms with Gasteiger partial charge in [-0.2, -0.15) is 0 Å². The highest BCUT2D eigenvalue weighted by molar-refractivity contribution is 5.81. The second-order valence-electron chi connectivity index (χ2n) is 21.1. The summed E-state index contributed by atoms with van der Waals surface area (Å²) in [6.45, 7) is 5.27. The highest BCUT2D eigenvalue weighted by atomic mass is 16.8. The van der Waals surface area contributed by atoms with Crippen LogP contribution in [0.4, 0.5) is 14.4 Å². The van der Waals surface area contributed by atoms with Crippen molar-refractivity contribution < 1.29 is 92.1 Å². The molecule has 4 aliphatic heterocycles. The Balaban J connectivity index is 0.917. The van der Waals surface area contributed by atoms with E-state index in [1.165, 1.54) is 0 Å². The van der Waals surface area contributed by atoms with Crippen LogP contribution in [0.2, 0.25) is 0 Å². The number of carbonyl (C=O) groups excluding carboxylic acids is 4. The number of aliphatic hydroxyl groups excluding tert-OH is 5. The van der Waals surface area contributed by atoms with Gasteiger partial charge in [-0.25, -0.2) is 14.4 Å². The molecule has 6 fully saturated rings. The molecule has 4 heterocycles. The van der Waals surface area contributed by atoms with Crippen molar-refractivity contribution in [2.75, 3.05) is 6.54 Å². The number of amides is 4. The molecule has 2 saturated carbocycles. The van der Waals surface area contributed by atoms with Crippen LogP contribution in [0.1, 0.15) is 76.0 Å². The molecule has 9 rings (SSSR count). The van der Waals surface area contributed by atoms with Crippen LogP contribution in [0.25, 0.3) is 0 Å². The average Bonchev–Trinajstić information content (AvgIpc) is 4.49. The predicted molar refractivity (Wildman–Crippen MR) is 275 cm³/mol. The van der Waals surface area contributed by atoms with Crippen LogP contribution in [-0.4, -0.2) is 173 Å². The lowest BCUT2D eigenvalue weighted by Crippen LogP contribution is -2.65. The Morgan fingerprint density at radius 1 is 0.557 bits per heavy atom. The maximum absolute atomic E-state index is 13.7. The lowest BCUT2D eigenvalue weighted by atomic mass is 9.79. The minimum Gasteiger partial charge on any atom is -0.445 e. The number of rotatable bonds is 22. The van der Waals surface area contributed by atoms with Crippen LogP contribution in [0.15, 0.2) is 91.0 Å². The first-order valence-corrected chi connectivity index (χ1v) is 27.4. The zero-order chi connectivity index (χ0) is 55.7. The number of benzene rings is 3. The normalized spacial score (nSPS) is 35.2. The summed E-state index contributed by atoms with van der Waals surface area (Å²) < 4.78 is 61.5. The number of alkyl carbamates (subject to hydrolysis) is 3. The molecule has 4 amide bonds. The molecule has 432 valence electrons. The van der Waals surface area contributed by atoms with E-state index in [2.05, 4.69) is 21.3 Å². The first kappa shape index (κ1) is 58.1. The van der Waals surface area contributed by atoms with Gasteiger partial charge in [0.1, 0.15) is 86.8 Å². The van der Waals surface area contributed by atoms with Crippen molar-refractivity contribution >= 4 is 24.2 Å². The third-order valence-corrected chi connectivity index (χ3v) is 15.4. The molecule has 0 spiro atoms. The quantitative estimate of drug-likeness (QED) is 0.0516. The van der Waals surface area contributed by atoms with Gasteiger partial charge < -0.3 is 94.2 Å². The Hall–Kier alpha value is -5.54. The van der Waals surface area contributed by atoms with Gasteiger partial charge >= 0.3 is 18.3 Å². The number of hydrogen-bond acceptors (Lipinski definition) is 19.